The first kappa shape index (κ1) is 18.9. The van der Waals surface area contributed by atoms with E-state index in [1.54, 1.807) is 18.2 Å². The third kappa shape index (κ3) is 4.62. The highest BCUT2D eigenvalue weighted by Gasteiger charge is 2.23. The van der Waals surface area contributed by atoms with Crippen LogP contribution in [0, 0.1) is 5.92 Å². The first-order chi connectivity index (χ1) is 12.5. The van der Waals surface area contributed by atoms with Gasteiger partial charge in [-0.1, -0.05) is 50.1 Å². The number of carbonyl (C=O) groups excluding carboxylic acids is 1. The van der Waals surface area contributed by atoms with Gasteiger partial charge in [-0.05, 0) is 41.7 Å². The zero-order valence-electron chi connectivity index (χ0n) is 15.1. The van der Waals surface area contributed by atoms with E-state index in [1.165, 1.54) is 6.42 Å². The van der Waals surface area contributed by atoms with Crippen molar-refractivity contribution in [3.8, 4) is 0 Å². The minimum atomic E-state index is -3.62. The molecule has 2 aromatic carbocycles. The molecule has 2 N–H and O–H groups in total. The van der Waals surface area contributed by atoms with E-state index in [1.807, 2.05) is 24.3 Å². The maximum Gasteiger partial charge on any atom is 0.240 e. The van der Waals surface area contributed by atoms with Crippen LogP contribution in [0.1, 0.15) is 39.0 Å². The average Bonchev–Trinajstić information content (AvgIpc) is 2.63. The summed E-state index contributed by atoms with van der Waals surface area (Å²) in [5, 5.41) is 4.91. The Bertz CT molecular complexity index is 880. The molecule has 6 heteroatoms. The van der Waals surface area contributed by atoms with Crippen molar-refractivity contribution in [2.75, 3.05) is 6.54 Å². The smallest absolute Gasteiger partial charge is 0.240 e. The van der Waals surface area contributed by atoms with Gasteiger partial charge in [0, 0.05) is 19.0 Å². The van der Waals surface area contributed by atoms with Crippen LogP contribution in [0.15, 0.2) is 47.4 Å². The van der Waals surface area contributed by atoms with Gasteiger partial charge in [0.15, 0.2) is 0 Å². The number of fused-ring (bicyclic) bond motifs is 1. The Labute approximate surface area is 155 Å². The predicted molar refractivity (Wildman–Crippen MR) is 103 cm³/mol. The van der Waals surface area contributed by atoms with E-state index >= 15 is 0 Å². The lowest BCUT2D eigenvalue weighted by Crippen LogP contribution is -2.42. The molecule has 0 saturated heterocycles. The molecular weight excluding hydrogens is 348 g/mol. The van der Waals surface area contributed by atoms with Crippen molar-refractivity contribution in [3.05, 3.63) is 42.5 Å². The lowest BCUT2D eigenvalue weighted by Gasteiger charge is -2.29. The number of sulfonamides is 1. The molecule has 0 radical (unpaired) electrons. The largest absolute Gasteiger partial charge is 0.353 e. The zero-order valence-corrected chi connectivity index (χ0v) is 15.9. The van der Waals surface area contributed by atoms with E-state index in [-0.39, 0.29) is 29.8 Å². The van der Waals surface area contributed by atoms with Crippen LogP contribution in [-0.4, -0.2) is 26.9 Å². The van der Waals surface area contributed by atoms with Gasteiger partial charge in [0.05, 0.1) is 4.90 Å². The summed E-state index contributed by atoms with van der Waals surface area (Å²) in [5.74, 6) is 0.395. The Morgan fingerprint density at radius 1 is 1.08 bits per heavy atom. The molecule has 1 aliphatic carbocycles. The zero-order chi connectivity index (χ0) is 18.6. The molecule has 0 bridgehead atoms. The molecule has 1 saturated carbocycles. The highest BCUT2D eigenvalue weighted by molar-refractivity contribution is 7.89. The van der Waals surface area contributed by atoms with E-state index in [9.17, 15) is 13.2 Å². The maximum atomic E-state index is 12.5. The molecule has 2 unspecified atom stereocenters. The second kappa shape index (κ2) is 8.18. The van der Waals surface area contributed by atoms with Crippen molar-refractivity contribution >= 4 is 26.7 Å². The van der Waals surface area contributed by atoms with Crippen LogP contribution in [0.25, 0.3) is 10.8 Å². The highest BCUT2D eigenvalue weighted by Crippen LogP contribution is 2.23. The Kier molecular flexibility index (Phi) is 5.94. The minimum absolute atomic E-state index is 0.0926. The van der Waals surface area contributed by atoms with E-state index in [0.29, 0.717) is 5.92 Å². The summed E-state index contributed by atoms with van der Waals surface area (Å²) in [7, 11) is -3.62. The fraction of sp³-hybridized carbons (Fsp3) is 0.450. The van der Waals surface area contributed by atoms with Crippen molar-refractivity contribution in [1.29, 1.82) is 0 Å². The highest BCUT2D eigenvalue weighted by atomic mass is 32.2. The quantitative estimate of drug-likeness (QED) is 0.815. The van der Waals surface area contributed by atoms with Crippen molar-refractivity contribution in [2.24, 2.45) is 5.92 Å². The molecule has 0 aromatic heterocycles. The van der Waals surface area contributed by atoms with Crippen molar-refractivity contribution < 1.29 is 13.2 Å². The molecule has 5 nitrogen and oxygen atoms in total. The van der Waals surface area contributed by atoms with Crippen LogP contribution in [0.3, 0.4) is 0 Å². The number of benzene rings is 2. The first-order valence-electron chi connectivity index (χ1n) is 9.23. The van der Waals surface area contributed by atoms with Crippen LogP contribution >= 0.6 is 0 Å². The van der Waals surface area contributed by atoms with Gasteiger partial charge in [-0.2, -0.15) is 0 Å². The minimum Gasteiger partial charge on any atom is -0.353 e. The number of amides is 1. The predicted octanol–water partition coefficient (Wildman–Crippen LogP) is 3.20. The standard InChI is InChI=1S/C20H26N2O3S/c1-15-6-2-5-9-19(15)22-20(23)12-13-21-26(24,25)18-11-10-16-7-3-4-8-17(16)14-18/h3-4,7-8,10-11,14-15,19,21H,2,5-6,9,12-13H2,1H3,(H,22,23). The summed E-state index contributed by atoms with van der Waals surface area (Å²) in [6.45, 7) is 2.26. The second-order valence-electron chi connectivity index (χ2n) is 7.09. The Hall–Kier alpha value is -1.92. The third-order valence-electron chi connectivity index (χ3n) is 5.13. The summed E-state index contributed by atoms with van der Waals surface area (Å²) in [6.07, 6.45) is 4.66. The average molecular weight is 375 g/mol. The summed E-state index contributed by atoms with van der Waals surface area (Å²) in [5.41, 5.74) is 0. The molecule has 3 rings (SSSR count). The van der Waals surface area contributed by atoms with Gasteiger partial charge >= 0.3 is 0 Å². The van der Waals surface area contributed by atoms with Gasteiger partial charge in [-0.25, -0.2) is 13.1 Å². The Morgan fingerprint density at radius 2 is 1.81 bits per heavy atom. The molecule has 140 valence electrons. The van der Waals surface area contributed by atoms with E-state index in [2.05, 4.69) is 17.0 Å². The van der Waals surface area contributed by atoms with Gasteiger partial charge in [0.25, 0.3) is 0 Å². The summed E-state index contributed by atoms with van der Waals surface area (Å²) < 4.78 is 27.4. The third-order valence-corrected chi connectivity index (χ3v) is 6.59. The summed E-state index contributed by atoms with van der Waals surface area (Å²) in [6, 6.07) is 12.9. The number of hydrogen-bond acceptors (Lipinski definition) is 3. The molecule has 1 amide bonds. The topological polar surface area (TPSA) is 75.3 Å². The van der Waals surface area contributed by atoms with Crippen molar-refractivity contribution in [3.63, 3.8) is 0 Å². The monoisotopic (exact) mass is 374 g/mol. The molecular formula is C20H26N2O3S. The number of hydrogen-bond donors (Lipinski definition) is 2. The lowest BCUT2D eigenvalue weighted by molar-refractivity contribution is -0.122. The Morgan fingerprint density at radius 3 is 2.58 bits per heavy atom. The van der Waals surface area contributed by atoms with Crippen LogP contribution in [-0.2, 0) is 14.8 Å². The summed E-state index contributed by atoms with van der Waals surface area (Å²) >= 11 is 0. The first-order valence-corrected chi connectivity index (χ1v) is 10.7. The van der Waals surface area contributed by atoms with Gasteiger partial charge in [-0.15, -0.1) is 0 Å². The number of rotatable bonds is 6. The summed E-state index contributed by atoms with van der Waals surface area (Å²) in [4.78, 5) is 12.3. The van der Waals surface area contributed by atoms with Gasteiger partial charge in [-0.3, -0.25) is 4.79 Å². The molecule has 2 atom stereocenters. The second-order valence-corrected chi connectivity index (χ2v) is 8.86. The molecule has 0 spiro atoms. The van der Waals surface area contributed by atoms with Crippen LogP contribution in [0.5, 0.6) is 0 Å². The van der Waals surface area contributed by atoms with E-state index in [4.69, 9.17) is 0 Å². The van der Waals surface area contributed by atoms with Crippen LogP contribution < -0.4 is 10.0 Å². The fourth-order valence-corrected chi connectivity index (χ4v) is 4.59. The van der Waals surface area contributed by atoms with Crippen molar-refractivity contribution in [2.45, 2.75) is 50.0 Å². The molecule has 0 heterocycles. The van der Waals surface area contributed by atoms with E-state index in [0.717, 1.165) is 30.0 Å². The van der Waals surface area contributed by atoms with E-state index < -0.39 is 10.0 Å². The van der Waals surface area contributed by atoms with Crippen LogP contribution in [0.4, 0.5) is 0 Å². The Balaban J connectivity index is 1.55. The molecule has 1 fully saturated rings. The molecule has 2 aromatic rings. The molecule has 26 heavy (non-hydrogen) atoms. The number of carbonyl (C=O) groups is 1. The van der Waals surface area contributed by atoms with Crippen molar-refractivity contribution in [1.82, 2.24) is 10.0 Å². The molecule has 0 aliphatic heterocycles. The molecule has 1 aliphatic rings. The van der Waals surface area contributed by atoms with Gasteiger partial charge < -0.3 is 5.32 Å². The van der Waals surface area contributed by atoms with Gasteiger partial charge in [0.2, 0.25) is 15.9 Å². The number of nitrogens with one attached hydrogen (secondary N) is 2. The maximum absolute atomic E-state index is 12.5. The normalized spacial score (nSPS) is 20.8. The van der Waals surface area contributed by atoms with Gasteiger partial charge in [0.1, 0.15) is 0 Å². The fourth-order valence-electron chi connectivity index (χ4n) is 3.53. The lowest BCUT2D eigenvalue weighted by atomic mass is 9.86. The van der Waals surface area contributed by atoms with Crippen LogP contribution in [0.2, 0.25) is 0 Å². The SMILES string of the molecule is CC1CCCCC1NC(=O)CCNS(=O)(=O)c1ccc2ccccc2c1.